The number of H-pyrrole nitrogens is 1. The lowest BCUT2D eigenvalue weighted by atomic mass is 10.0. The molecule has 1 amide bonds. The number of nitrogens with zero attached hydrogens (tertiary/aromatic N) is 2. The molecule has 1 aromatic carbocycles. The Hall–Kier alpha value is -3.35. The molecule has 0 fully saturated rings. The molecule has 7 heteroatoms. The van der Waals surface area contributed by atoms with Crippen LogP contribution in [0.5, 0.6) is 5.75 Å². The number of nitrogens with one attached hydrogen (secondary N) is 1. The van der Waals surface area contributed by atoms with Gasteiger partial charge in [-0.05, 0) is 47.9 Å². The van der Waals surface area contributed by atoms with Gasteiger partial charge < -0.3 is 19.4 Å². The number of pyridine rings is 1. The zero-order valence-electron chi connectivity index (χ0n) is 15.7. The predicted octanol–water partition coefficient (Wildman–Crippen LogP) is 4.23. The number of benzene rings is 1. The van der Waals surface area contributed by atoms with Gasteiger partial charge in [-0.2, -0.15) is 0 Å². The topological polar surface area (TPSA) is 67.4 Å². The van der Waals surface area contributed by atoms with Crippen molar-refractivity contribution in [1.29, 1.82) is 0 Å². The number of fused-ring (bicyclic) bond motifs is 1. The standard InChI is InChI=1S/C21H20FN3O3/c1-27-19-4-3-14(22)11-16(19)15-5-8-23-20-17(15)12-18(24-20)13-6-9-25(10-7-13)21(26)28-2/h3-6,8,11-12H,7,9-10H2,1-2H3,(H,23,24). The van der Waals surface area contributed by atoms with E-state index in [0.29, 0.717) is 30.8 Å². The van der Waals surface area contributed by atoms with E-state index in [2.05, 4.69) is 9.97 Å². The van der Waals surface area contributed by atoms with Gasteiger partial charge in [0, 0.05) is 35.9 Å². The summed E-state index contributed by atoms with van der Waals surface area (Å²) < 4.78 is 24.1. The summed E-state index contributed by atoms with van der Waals surface area (Å²) in [4.78, 5) is 21.1. The second kappa shape index (κ2) is 7.34. The zero-order chi connectivity index (χ0) is 19.7. The molecule has 4 rings (SSSR count). The van der Waals surface area contributed by atoms with E-state index in [1.807, 2.05) is 18.2 Å². The van der Waals surface area contributed by atoms with E-state index in [4.69, 9.17) is 9.47 Å². The molecule has 6 nitrogen and oxygen atoms in total. The summed E-state index contributed by atoms with van der Waals surface area (Å²) in [6.07, 6.45) is 4.08. The highest BCUT2D eigenvalue weighted by Gasteiger charge is 2.20. The van der Waals surface area contributed by atoms with Gasteiger partial charge in [0.2, 0.25) is 0 Å². The normalized spacial score (nSPS) is 14.1. The number of methoxy groups -OCH3 is 2. The van der Waals surface area contributed by atoms with Crippen molar-refractivity contribution < 1.29 is 18.7 Å². The Morgan fingerprint density at radius 1 is 1.21 bits per heavy atom. The van der Waals surface area contributed by atoms with Gasteiger partial charge in [-0.25, -0.2) is 14.2 Å². The van der Waals surface area contributed by atoms with E-state index in [0.717, 1.165) is 27.9 Å². The van der Waals surface area contributed by atoms with Crippen LogP contribution in [-0.4, -0.2) is 48.3 Å². The van der Waals surface area contributed by atoms with Gasteiger partial charge in [-0.1, -0.05) is 6.08 Å². The first kappa shape index (κ1) is 18.0. The Labute approximate surface area is 161 Å². The van der Waals surface area contributed by atoms with Gasteiger partial charge >= 0.3 is 6.09 Å². The average Bonchev–Trinajstić information content (AvgIpc) is 3.17. The minimum Gasteiger partial charge on any atom is -0.496 e. The largest absolute Gasteiger partial charge is 0.496 e. The van der Waals surface area contributed by atoms with Crippen LogP contribution in [0.1, 0.15) is 12.1 Å². The monoisotopic (exact) mass is 381 g/mol. The molecule has 28 heavy (non-hydrogen) atoms. The smallest absolute Gasteiger partial charge is 0.409 e. The van der Waals surface area contributed by atoms with Crippen molar-refractivity contribution in [3.8, 4) is 16.9 Å². The Bertz CT molecular complexity index is 1070. The third-order valence-electron chi connectivity index (χ3n) is 4.97. The van der Waals surface area contributed by atoms with Crippen LogP contribution in [0.15, 0.2) is 42.6 Å². The van der Waals surface area contributed by atoms with Crippen LogP contribution in [0.2, 0.25) is 0 Å². The van der Waals surface area contributed by atoms with E-state index in [1.165, 1.54) is 19.2 Å². The number of hydrogen-bond acceptors (Lipinski definition) is 4. The number of aromatic nitrogens is 2. The van der Waals surface area contributed by atoms with Crippen molar-refractivity contribution >= 4 is 22.7 Å². The molecule has 0 atom stereocenters. The number of hydrogen-bond donors (Lipinski definition) is 1. The van der Waals surface area contributed by atoms with Crippen LogP contribution in [0.4, 0.5) is 9.18 Å². The fourth-order valence-corrected chi connectivity index (χ4v) is 3.53. The number of rotatable bonds is 3. The summed E-state index contributed by atoms with van der Waals surface area (Å²) in [7, 11) is 2.95. The van der Waals surface area contributed by atoms with Gasteiger partial charge in [-0.15, -0.1) is 0 Å². The third-order valence-corrected chi connectivity index (χ3v) is 4.97. The van der Waals surface area contributed by atoms with E-state index >= 15 is 0 Å². The molecule has 0 saturated heterocycles. The van der Waals surface area contributed by atoms with Gasteiger partial charge in [0.15, 0.2) is 0 Å². The second-order valence-corrected chi connectivity index (χ2v) is 6.54. The van der Waals surface area contributed by atoms with Crippen molar-refractivity contribution in [3.63, 3.8) is 0 Å². The highest BCUT2D eigenvalue weighted by atomic mass is 19.1. The molecule has 0 radical (unpaired) electrons. The fraction of sp³-hybridized carbons (Fsp3) is 0.238. The molecule has 1 aliphatic rings. The molecule has 3 aromatic rings. The summed E-state index contributed by atoms with van der Waals surface area (Å²) in [5.74, 6) is 0.275. The van der Waals surface area contributed by atoms with Crippen molar-refractivity contribution in [2.24, 2.45) is 0 Å². The first-order valence-electron chi connectivity index (χ1n) is 8.94. The average molecular weight is 381 g/mol. The van der Waals surface area contributed by atoms with Gasteiger partial charge in [0.1, 0.15) is 17.2 Å². The van der Waals surface area contributed by atoms with E-state index in [9.17, 15) is 9.18 Å². The maximum absolute atomic E-state index is 13.9. The number of amides is 1. The van der Waals surface area contributed by atoms with Gasteiger partial charge in [0.05, 0.1) is 14.2 Å². The summed E-state index contributed by atoms with van der Waals surface area (Å²) in [5, 5.41) is 0.887. The minimum absolute atomic E-state index is 0.325. The summed E-state index contributed by atoms with van der Waals surface area (Å²) >= 11 is 0. The minimum atomic E-state index is -0.325. The molecular weight excluding hydrogens is 361 g/mol. The maximum Gasteiger partial charge on any atom is 0.409 e. The second-order valence-electron chi connectivity index (χ2n) is 6.54. The van der Waals surface area contributed by atoms with Crippen LogP contribution in [0.3, 0.4) is 0 Å². The Kier molecular flexibility index (Phi) is 4.73. The molecule has 0 unspecified atom stereocenters. The molecule has 3 heterocycles. The summed E-state index contributed by atoms with van der Waals surface area (Å²) in [6.45, 7) is 1.08. The first-order chi connectivity index (χ1) is 13.6. The molecule has 2 aromatic heterocycles. The molecule has 144 valence electrons. The van der Waals surface area contributed by atoms with Crippen LogP contribution in [0, 0.1) is 5.82 Å². The van der Waals surface area contributed by atoms with Crippen LogP contribution in [0.25, 0.3) is 27.7 Å². The number of aromatic amines is 1. The van der Waals surface area contributed by atoms with Crippen molar-refractivity contribution in [2.45, 2.75) is 6.42 Å². The van der Waals surface area contributed by atoms with Crippen LogP contribution >= 0.6 is 0 Å². The summed E-state index contributed by atoms with van der Waals surface area (Å²) in [5.41, 5.74) is 4.28. The first-order valence-corrected chi connectivity index (χ1v) is 8.94. The fourth-order valence-electron chi connectivity index (χ4n) is 3.53. The highest BCUT2D eigenvalue weighted by molar-refractivity contribution is 5.96. The van der Waals surface area contributed by atoms with E-state index in [1.54, 1.807) is 24.3 Å². The van der Waals surface area contributed by atoms with E-state index < -0.39 is 0 Å². The van der Waals surface area contributed by atoms with Crippen LogP contribution < -0.4 is 4.74 Å². The SMILES string of the molecule is COC(=O)N1CC=C(c2cc3c(-c4cc(F)ccc4OC)ccnc3[nH]2)CC1. The van der Waals surface area contributed by atoms with E-state index in [-0.39, 0.29) is 11.9 Å². The molecule has 0 bridgehead atoms. The number of halogens is 1. The molecular formula is C21H20FN3O3. The zero-order valence-corrected chi connectivity index (χ0v) is 15.7. The third kappa shape index (κ3) is 3.19. The molecule has 1 aliphatic heterocycles. The quantitative estimate of drug-likeness (QED) is 0.737. The number of carbonyl (C=O) groups is 1. The predicted molar refractivity (Wildman–Crippen MR) is 105 cm³/mol. The molecule has 1 N–H and O–H groups in total. The van der Waals surface area contributed by atoms with Gasteiger partial charge in [-0.3, -0.25) is 0 Å². The Morgan fingerprint density at radius 2 is 2.07 bits per heavy atom. The van der Waals surface area contributed by atoms with Crippen molar-refractivity contribution in [2.75, 3.05) is 27.3 Å². The van der Waals surface area contributed by atoms with Crippen molar-refractivity contribution in [1.82, 2.24) is 14.9 Å². The number of ether oxygens (including phenoxy) is 2. The highest BCUT2D eigenvalue weighted by Crippen LogP contribution is 2.36. The number of carbonyl (C=O) groups excluding carboxylic acids is 1. The Balaban J connectivity index is 1.74. The Morgan fingerprint density at radius 3 is 2.79 bits per heavy atom. The van der Waals surface area contributed by atoms with Crippen molar-refractivity contribution in [3.05, 3.63) is 54.1 Å². The lowest BCUT2D eigenvalue weighted by molar-refractivity contribution is 0.128. The molecule has 0 saturated carbocycles. The summed E-state index contributed by atoms with van der Waals surface area (Å²) in [6, 6.07) is 8.33. The molecule has 0 spiro atoms. The lowest BCUT2D eigenvalue weighted by Gasteiger charge is -2.24. The molecule has 0 aliphatic carbocycles. The van der Waals surface area contributed by atoms with Crippen LogP contribution in [-0.2, 0) is 4.74 Å². The van der Waals surface area contributed by atoms with Gasteiger partial charge in [0.25, 0.3) is 0 Å². The lowest BCUT2D eigenvalue weighted by Crippen LogP contribution is -2.34. The maximum atomic E-state index is 13.9.